The Morgan fingerprint density at radius 1 is 1.22 bits per heavy atom. The van der Waals surface area contributed by atoms with Gasteiger partial charge in [-0.25, -0.2) is 4.39 Å². The Kier molecular flexibility index (Phi) is 7.30. The van der Waals surface area contributed by atoms with Crippen LogP contribution in [0.3, 0.4) is 0 Å². The van der Waals surface area contributed by atoms with Crippen LogP contribution in [0.25, 0.3) is 32.9 Å². The molecule has 0 saturated carbocycles. The topological polar surface area (TPSA) is 86.6 Å². The van der Waals surface area contributed by atoms with Gasteiger partial charge in [0.2, 0.25) is 0 Å². The second-order valence-corrected chi connectivity index (χ2v) is 13.5. The zero-order valence-corrected chi connectivity index (χ0v) is 26.2. The highest BCUT2D eigenvalue weighted by molar-refractivity contribution is 6.02. The Hall–Kier alpha value is -4.26. The van der Waals surface area contributed by atoms with Crippen LogP contribution in [0, 0.1) is 18.2 Å². The molecule has 0 radical (unpaired) electrons. The number of anilines is 1. The summed E-state index contributed by atoms with van der Waals surface area (Å²) in [6, 6.07) is 9.54. The SMILES string of the molecule is C#Cc1cccc2cc(O)cc(-c3ncc4c(N5CC6CCC(C5)N6)nc(OCC56CCCN5C/C(=C\CCC)C6)nc4c3F)c12. The Labute approximate surface area is 268 Å². The average Bonchev–Trinajstić information content (AvgIpc) is 3.73. The molecule has 2 aromatic carbocycles. The van der Waals surface area contributed by atoms with Crippen molar-refractivity contribution in [2.45, 2.75) is 69.5 Å². The van der Waals surface area contributed by atoms with Crippen molar-refractivity contribution in [3.63, 3.8) is 0 Å². The van der Waals surface area contributed by atoms with Crippen LogP contribution >= 0.6 is 0 Å². The van der Waals surface area contributed by atoms with Crippen molar-refractivity contribution in [2.75, 3.05) is 37.7 Å². The van der Waals surface area contributed by atoms with E-state index in [1.54, 1.807) is 12.3 Å². The van der Waals surface area contributed by atoms with Gasteiger partial charge in [-0.1, -0.05) is 43.0 Å². The van der Waals surface area contributed by atoms with Crippen molar-refractivity contribution in [3.8, 4) is 35.4 Å². The number of phenols is 1. The van der Waals surface area contributed by atoms with Gasteiger partial charge in [-0.2, -0.15) is 9.97 Å². The van der Waals surface area contributed by atoms with Crippen LogP contribution in [0.1, 0.15) is 57.4 Å². The summed E-state index contributed by atoms with van der Waals surface area (Å²) in [6.07, 6.45) is 17.5. The molecule has 3 atom stereocenters. The van der Waals surface area contributed by atoms with Crippen molar-refractivity contribution in [3.05, 3.63) is 59.6 Å². The molecule has 236 valence electrons. The van der Waals surface area contributed by atoms with Gasteiger partial charge in [0.25, 0.3) is 0 Å². The summed E-state index contributed by atoms with van der Waals surface area (Å²) in [5.41, 5.74) is 2.65. The van der Waals surface area contributed by atoms with Crippen molar-refractivity contribution < 1.29 is 14.2 Å². The minimum Gasteiger partial charge on any atom is -0.508 e. The minimum atomic E-state index is -0.589. The van der Waals surface area contributed by atoms with Gasteiger partial charge in [-0.05, 0) is 68.7 Å². The average molecular weight is 619 g/mol. The summed E-state index contributed by atoms with van der Waals surface area (Å²) in [7, 11) is 0. The van der Waals surface area contributed by atoms with Gasteiger partial charge in [0.15, 0.2) is 5.82 Å². The molecule has 4 aliphatic heterocycles. The van der Waals surface area contributed by atoms with Crippen LogP contribution in [0.2, 0.25) is 0 Å². The number of aromatic hydroxyl groups is 1. The molecule has 0 amide bonds. The summed E-state index contributed by atoms with van der Waals surface area (Å²) >= 11 is 0. The molecule has 6 heterocycles. The predicted molar refractivity (Wildman–Crippen MR) is 179 cm³/mol. The lowest BCUT2D eigenvalue weighted by Crippen LogP contribution is -2.51. The first-order valence-corrected chi connectivity index (χ1v) is 16.6. The maximum atomic E-state index is 16.9. The number of halogens is 1. The molecule has 8 nitrogen and oxygen atoms in total. The summed E-state index contributed by atoms with van der Waals surface area (Å²) in [5.74, 6) is 2.78. The quantitative estimate of drug-likeness (QED) is 0.194. The van der Waals surface area contributed by atoms with Gasteiger partial charge < -0.3 is 20.1 Å². The molecule has 4 aliphatic rings. The van der Waals surface area contributed by atoms with E-state index in [-0.39, 0.29) is 28.5 Å². The molecule has 3 unspecified atom stereocenters. The Morgan fingerprint density at radius 3 is 2.87 bits per heavy atom. The minimum absolute atomic E-state index is 0.00551. The van der Waals surface area contributed by atoms with E-state index in [2.05, 4.69) is 39.0 Å². The fraction of sp³-hybridized carbons (Fsp3) is 0.432. The first-order chi connectivity index (χ1) is 22.4. The zero-order valence-electron chi connectivity index (χ0n) is 26.2. The van der Waals surface area contributed by atoms with E-state index >= 15 is 4.39 Å². The van der Waals surface area contributed by atoms with Gasteiger partial charge in [0, 0.05) is 54.4 Å². The number of fused-ring (bicyclic) bond motifs is 5. The molecule has 2 bridgehead atoms. The van der Waals surface area contributed by atoms with Crippen LogP contribution in [0.5, 0.6) is 11.8 Å². The number of benzene rings is 2. The number of allylic oxidation sites excluding steroid dienone is 1. The smallest absolute Gasteiger partial charge is 0.319 e. The van der Waals surface area contributed by atoms with Crippen molar-refractivity contribution in [1.82, 2.24) is 25.2 Å². The summed E-state index contributed by atoms with van der Waals surface area (Å²) in [4.78, 5) is 19.1. The van der Waals surface area contributed by atoms with E-state index in [1.165, 1.54) is 11.6 Å². The second-order valence-electron chi connectivity index (χ2n) is 13.5. The number of pyridine rings is 1. The number of hydrogen-bond donors (Lipinski definition) is 2. The fourth-order valence-electron chi connectivity index (χ4n) is 8.27. The first-order valence-electron chi connectivity index (χ1n) is 16.6. The Bertz CT molecular complexity index is 1910. The lowest BCUT2D eigenvalue weighted by Gasteiger charge is -2.34. The third-order valence-electron chi connectivity index (χ3n) is 10.4. The number of terminal acetylenes is 1. The van der Waals surface area contributed by atoms with Crippen LogP contribution in [-0.2, 0) is 0 Å². The van der Waals surface area contributed by atoms with Gasteiger partial charge in [-0.15, -0.1) is 6.42 Å². The number of nitrogens with zero attached hydrogens (tertiary/aromatic N) is 5. The van der Waals surface area contributed by atoms with Crippen molar-refractivity contribution in [1.29, 1.82) is 0 Å². The molecule has 4 saturated heterocycles. The molecular weight excluding hydrogens is 579 g/mol. The number of nitrogens with one attached hydrogen (secondary N) is 1. The third-order valence-corrected chi connectivity index (χ3v) is 10.4. The number of unbranched alkanes of at least 4 members (excludes halogenated alkanes) is 1. The highest BCUT2D eigenvalue weighted by Gasteiger charge is 2.47. The molecule has 4 fully saturated rings. The van der Waals surface area contributed by atoms with Gasteiger partial charge in [-0.3, -0.25) is 9.88 Å². The van der Waals surface area contributed by atoms with Crippen LogP contribution in [0.15, 0.2) is 48.2 Å². The van der Waals surface area contributed by atoms with Crippen LogP contribution in [0.4, 0.5) is 10.2 Å². The lowest BCUT2D eigenvalue weighted by molar-refractivity contribution is 0.108. The highest BCUT2D eigenvalue weighted by Crippen LogP contribution is 2.43. The normalized spacial score (nSPS) is 25.1. The Balaban J connectivity index is 1.23. The van der Waals surface area contributed by atoms with E-state index in [0.29, 0.717) is 51.8 Å². The molecule has 0 aliphatic carbocycles. The Morgan fingerprint density at radius 2 is 2.07 bits per heavy atom. The molecule has 9 heteroatoms. The summed E-state index contributed by atoms with van der Waals surface area (Å²) in [5, 5.41) is 16.2. The third kappa shape index (κ3) is 4.95. The van der Waals surface area contributed by atoms with Crippen molar-refractivity contribution in [2.24, 2.45) is 0 Å². The van der Waals surface area contributed by atoms with E-state index in [4.69, 9.17) is 21.1 Å². The largest absolute Gasteiger partial charge is 0.508 e. The maximum Gasteiger partial charge on any atom is 0.319 e. The molecule has 4 aromatic rings. The fourth-order valence-corrected chi connectivity index (χ4v) is 8.27. The number of phenolic OH excluding ortho intramolecular Hbond substituents is 1. The van der Waals surface area contributed by atoms with E-state index in [0.717, 1.165) is 71.1 Å². The van der Waals surface area contributed by atoms with Gasteiger partial charge in [0.05, 0.1) is 10.9 Å². The van der Waals surface area contributed by atoms with Crippen LogP contribution in [-0.4, -0.2) is 75.4 Å². The summed E-state index contributed by atoms with van der Waals surface area (Å²) < 4.78 is 23.4. The molecule has 0 spiro atoms. The molecule has 2 N–H and O–H groups in total. The first kappa shape index (κ1) is 29.2. The molecular formula is C37H39FN6O2. The lowest BCUT2D eigenvalue weighted by atomic mass is 9.93. The number of ether oxygens (including phenoxy) is 1. The number of aromatic nitrogens is 3. The van der Waals surface area contributed by atoms with E-state index in [9.17, 15) is 5.11 Å². The van der Waals surface area contributed by atoms with Crippen LogP contribution < -0.4 is 15.0 Å². The number of piperazine rings is 1. The summed E-state index contributed by atoms with van der Waals surface area (Å²) in [6.45, 7) is 6.26. The monoisotopic (exact) mass is 618 g/mol. The highest BCUT2D eigenvalue weighted by atomic mass is 19.1. The molecule has 2 aromatic heterocycles. The second kappa shape index (κ2) is 11.5. The number of hydrogen-bond acceptors (Lipinski definition) is 8. The van der Waals surface area contributed by atoms with Gasteiger partial charge >= 0.3 is 6.01 Å². The van der Waals surface area contributed by atoms with Gasteiger partial charge in [0.1, 0.15) is 29.4 Å². The van der Waals surface area contributed by atoms with E-state index in [1.807, 2.05) is 18.2 Å². The maximum absolute atomic E-state index is 16.9. The zero-order chi connectivity index (χ0) is 31.4. The van der Waals surface area contributed by atoms with E-state index < -0.39 is 5.82 Å². The molecule has 8 rings (SSSR count). The predicted octanol–water partition coefficient (Wildman–Crippen LogP) is 5.96. The standard InChI is InChI=1S/C37H39FN6O2/c1-3-5-8-23-17-37(13-7-14-44(37)19-23)22-46-36-41-34-30(35(42-36)43-20-26-11-12-27(21-43)40-26)18-39-33(32(34)38)29-16-28(45)15-25-10-6-9-24(4-2)31(25)29/h2,6,8-10,15-16,18,26-27,40,45H,3,5,7,11-14,17,19-22H2,1H3/b23-8-. The number of rotatable bonds is 7. The van der Waals surface area contributed by atoms with Crippen molar-refractivity contribution >= 4 is 27.5 Å². The molecule has 46 heavy (non-hydrogen) atoms.